The summed E-state index contributed by atoms with van der Waals surface area (Å²) in [5.74, 6) is 0.932. The van der Waals surface area contributed by atoms with Crippen molar-refractivity contribution in [3.8, 4) is 5.75 Å². The number of nitrogens with zero attached hydrogens (tertiary/aromatic N) is 1. The van der Waals surface area contributed by atoms with Gasteiger partial charge in [-0.05, 0) is 45.0 Å². The molecule has 0 saturated heterocycles. The first-order chi connectivity index (χ1) is 9.69. The number of aryl methyl sites for hydroxylation is 2. The molecule has 0 fully saturated rings. The van der Waals surface area contributed by atoms with Gasteiger partial charge in [-0.2, -0.15) is 0 Å². The summed E-state index contributed by atoms with van der Waals surface area (Å²) >= 11 is 0. The maximum absolute atomic E-state index is 5.78. The molecule has 1 aromatic heterocycles. The summed E-state index contributed by atoms with van der Waals surface area (Å²) in [6.45, 7) is 8.95. The van der Waals surface area contributed by atoms with Gasteiger partial charge in [0.1, 0.15) is 12.4 Å². The molecule has 2 aromatic rings. The topological polar surface area (TPSA) is 26.2 Å². The van der Waals surface area contributed by atoms with Crippen LogP contribution in [-0.2, 0) is 13.1 Å². The molecule has 1 N–H and O–H groups in total. The van der Waals surface area contributed by atoms with Gasteiger partial charge >= 0.3 is 0 Å². The lowest BCUT2D eigenvalue weighted by Crippen LogP contribution is -2.32. The highest BCUT2D eigenvalue weighted by molar-refractivity contribution is 5.26. The van der Waals surface area contributed by atoms with Gasteiger partial charge < -0.3 is 14.6 Å². The second-order valence-electron chi connectivity index (χ2n) is 5.19. The fourth-order valence-electron chi connectivity index (χ4n) is 2.11. The van der Waals surface area contributed by atoms with Crippen molar-refractivity contribution in [3.63, 3.8) is 0 Å². The van der Waals surface area contributed by atoms with Gasteiger partial charge in [-0.3, -0.25) is 0 Å². The van der Waals surface area contributed by atoms with E-state index in [1.807, 2.05) is 12.1 Å². The molecule has 0 aliphatic rings. The van der Waals surface area contributed by atoms with Crippen molar-refractivity contribution in [1.29, 1.82) is 0 Å². The van der Waals surface area contributed by atoms with Crippen LogP contribution in [0.15, 0.2) is 42.6 Å². The highest BCUT2D eigenvalue weighted by atomic mass is 16.5. The Morgan fingerprint density at radius 2 is 1.95 bits per heavy atom. The van der Waals surface area contributed by atoms with Gasteiger partial charge in [0.05, 0.1) is 0 Å². The number of hydrogen-bond acceptors (Lipinski definition) is 2. The molecular formula is C17H24N2O. The van der Waals surface area contributed by atoms with E-state index in [1.54, 1.807) is 0 Å². The lowest BCUT2D eigenvalue weighted by atomic mass is 10.2. The molecule has 1 aromatic carbocycles. The minimum absolute atomic E-state index is 0.316. The number of aromatic nitrogens is 1. The summed E-state index contributed by atoms with van der Waals surface area (Å²) in [4.78, 5) is 0. The molecule has 20 heavy (non-hydrogen) atoms. The van der Waals surface area contributed by atoms with Crippen LogP contribution in [0.3, 0.4) is 0 Å². The zero-order valence-electron chi connectivity index (χ0n) is 12.6. The summed E-state index contributed by atoms with van der Waals surface area (Å²) in [5.41, 5.74) is 2.57. The second kappa shape index (κ2) is 7.15. The summed E-state index contributed by atoms with van der Waals surface area (Å²) in [7, 11) is 0. The van der Waals surface area contributed by atoms with Crippen LogP contribution in [0.25, 0.3) is 0 Å². The number of hydrogen-bond donors (Lipinski definition) is 1. The third kappa shape index (κ3) is 4.14. The first-order valence-electron chi connectivity index (χ1n) is 7.26. The average molecular weight is 272 g/mol. The smallest absolute Gasteiger partial charge is 0.119 e. The van der Waals surface area contributed by atoms with Crippen LogP contribution in [0.4, 0.5) is 0 Å². The second-order valence-corrected chi connectivity index (χ2v) is 5.19. The maximum Gasteiger partial charge on any atom is 0.119 e. The molecule has 2 rings (SSSR count). The first-order valence-corrected chi connectivity index (χ1v) is 7.26. The summed E-state index contributed by atoms with van der Waals surface area (Å²) in [6.07, 6.45) is 2.12. The standard InChI is InChI=1S/C17H24N2O/c1-4-19-11-5-6-16(19)12-18-15(3)13-20-17-9-7-14(2)8-10-17/h5-11,15,18H,4,12-13H2,1-3H3. The fourth-order valence-corrected chi connectivity index (χ4v) is 2.11. The minimum atomic E-state index is 0.316. The monoisotopic (exact) mass is 272 g/mol. The van der Waals surface area contributed by atoms with Crippen molar-refractivity contribution in [3.05, 3.63) is 53.9 Å². The van der Waals surface area contributed by atoms with Gasteiger partial charge in [-0.15, -0.1) is 0 Å². The largest absolute Gasteiger partial charge is 0.492 e. The van der Waals surface area contributed by atoms with Gasteiger partial charge in [-0.25, -0.2) is 0 Å². The molecule has 0 aliphatic carbocycles. The molecule has 3 heteroatoms. The van der Waals surface area contributed by atoms with Crippen LogP contribution in [0.1, 0.15) is 25.1 Å². The van der Waals surface area contributed by atoms with Crippen LogP contribution in [0.5, 0.6) is 5.75 Å². The average Bonchev–Trinajstić information content (AvgIpc) is 2.92. The van der Waals surface area contributed by atoms with Crippen molar-refractivity contribution < 1.29 is 4.74 Å². The van der Waals surface area contributed by atoms with E-state index in [0.29, 0.717) is 12.6 Å². The van der Waals surface area contributed by atoms with Crippen LogP contribution in [0.2, 0.25) is 0 Å². The molecule has 1 unspecified atom stereocenters. The lowest BCUT2D eigenvalue weighted by Gasteiger charge is -2.16. The Hall–Kier alpha value is -1.74. The van der Waals surface area contributed by atoms with Crippen molar-refractivity contribution >= 4 is 0 Å². The zero-order chi connectivity index (χ0) is 14.4. The fraction of sp³-hybridized carbons (Fsp3) is 0.412. The third-order valence-electron chi connectivity index (χ3n) is 3.42. The normalized spacial score (nSPS) is 12.3. The molecule has 3 nitrogen and oxygen atoms in total. The molecule has 0 saturated carbocycles. The van der Waals surface area contributed by atoms with E-state index in [-0.39, 0.29) is 0 Å². The Balaban J connectivity index is 1.75. The van der Waals surface area contributed by atoms with Crippen LogP contribution >= 0.6 is 0 Å². The van der Waals surface area contributed by atoms with E-state index < -0.39 is 0 Å². The van der Waals surface area contributed by atoms with Crippen LogP contribution in [0, 0.1) is 6.92 Å². The van der Waals surface area contributed by atoms with E-state index in [4.69, 9.17) is 4.74 Å². The highest BCUT2D eigenvalue weighted by Crippen LogP contribution is 2.11. The molecule has 1 atom stereocenters. The van der Waals surface area contributed by atoms with Crippen molar-refractivity contribution in [2.24, 2.45) is 0 Å². The molecule has 0 radical (unpaired) electrons. The lowest BCUT2D eigenvalue weighted by molar-refractivity contribution is 0.271. The number of ether oxygens (including phenoxy) is 1. The summed E-state index contributed by atoms with van der Waals surface area (Å²) < 4.78 is 8.03. The SMILES string of the molecule is CCn1cccc1CNC(C)COc1ccc(C)cc1. The maximum atomic E-state index is 5.78. The molecule has 1 heterocycles. The minimum Gasteiger partial charge on any atom is -0.492 e. The third-order valence-corrected chi connectivity index (χ3v) is 3.42. The van der Waals surface area contributed by atoms with Gasteiger partial charge in [0, 0.05) is 31.0 Å². The Morgan fingerprint density at radius 1 is 1.20 bits per heavy atom. The van der Waals surface area contributed by atoms with Crippen molar-refractivity contribution in [2.75, 3.05) is 6.61 Å². The van der Waals surface area contributed by atoms with E-state index >= 15 is 0 Å². The Bertz CT molecular complexity index is 516. The molecule has 0 amide bonds. The summed E-state index contributed by atoms with van der Waals surface area (Å²) in [5, 5.41) is 3.50. The summed E-state index contributed by atoms with van der Waals surface area (Å²) in [6, 6.07) is 12.7. The van der Waals surface area contributed by atoms with Crippen molar-refractivity contribution in [1.82, 2.24) is 9.88 Å². The van der Waals surface area contributed by atoms with Crippen molar-refractivity contribution in [2.45, 2.75) is 39.9 Å². The van der Waals surface area contributed by atoms with Gasteiger partial charge in [0.2, 0.25) is 0 Å². The van der Waals surface area contributed by atoms with Crippen LogP contribution in [-0.4, -0.2) is 17.2 Å². The first kappa shape index (κ1) is 14.7. The van der Waals surface area contributed by atoms with E-state index in [2.05, 4.69) is 61.1 Å². The number of nitrogens with one attached hydrogen (secondary N) is 1. The van der Waals surface area contributed by atoms with Crippen LogP contribution < -0.4 is 10.1 Å². The van der Waals surface area contributed by atoms with E-state index in [1.165, 1.54) is 11.3 Å². The highest BCUT2D eigenvalue weighted by Gasteiger charge is 2.05. The number of benzene rings is 1. The quantitative estimate of drug-likeness (QED) is 0.836. The Kier molecular flexibility index (Phi) is 5.24. The Labute approximate surface area is 121 Å². The van der Waals surface area contributed by atoms with E-state index in [9.17, 15) is 0 Å². The molecule has 0 spiro atoms. The predicted molar refractivity (Wildman–Crippen MR) is 83.1 cm³/mol. The zero-order valence-corrected chi connectivity index (χ0v) is 12.6. The number of rotatable bonds is 7. The van der Waals surface area contributed by atoms with Gasteiger partial charge in [0.25, 0.3) is 0 Å². The molecular weight excluding hydrogens is 248 g/mol. The predicted octanol–water partition coefficient (Wildman–Crippen LogP) is 3.37. The van der Waals surface area contributed by atoms with Gasteiger partial charge in [-0.1, -0.05) is 17.7 Å². The Morgan fingerprint density at radius 3 is 2.65 bits per heavy atom. The van der Waals surface area contributed by atoms with Gasteiger partial charge in [0.15, 0.2) is 0 Å². The molecule has 0 aliphatic heterocycles. The molecule has 108 valence electrons. The molecule has 0 bridgehead atoms. The van der Waals surface area contributed by atoms with E-state index in [0.717, 1.165) is 18.8 Å².